The number of carbonyl (C=O) groups is 3. The molecule has 0 aliphatic heterocycles. The van der Waals surface area contributed by atoms with Crippen LogP contribution >= 0.6 is 0 Å². The molecule has 0 spiro atoms. The second-order valence-corrected chi connectivity index (χ2v) is 6.04. The summed E-state index contributed by atoms with van der Waals surface area (Å²) < 4.78 is 15.2. The molecule has 1 aromatic carbocycles. The Morgan fingerprint density at radius 1 is 1.18 bits per heavy atom. The first kappa shape index (κ1) is 20.9. The molecule has 1 heterocycles. The fourth-order valence-electron chi connectivity index (χ4n) is 2.40. The predicted octanol–water partition coefficient (Wildman–Crippen LogP) is 0.664. The second-order valence-electron chi connectivity index (χ2n) is 6.04. The van der Waals surface area contributed by atoms with E-state index in [1.807, 2.05) is 0 Å². The highest BCUT2D eigenvalue weighted by Gasteiger charge is 2.16. The molecule has 0 saturated heterocycles. The van der Waals surface area contributed by atoms with Gasteiger partial charge in [0.25, 0.3) is 5.91 Å². The Morgan fingerprint density at radius 2 is 1.93 bits per heavy atom. The van der Waals surface area contributed by atoms with Crippen LogP contribution in [0.15, 0.2) is 33.5 Å². The molecule has 0 aliphatic carbocycles. The summed E-state index contributed by atoms with van der Waals surface area (Å²) in [6.07, 6.45) is 0. The Balaban J connectivity index is 1.82. The van der Waals surface area contributed by atoms with Gasteiger partial charge in [0, 0.05) is 24.1 Å². The van der Waals surface area contributed by atoms with Crippen molar-refractivity contribution in [3.05, 3.63) is 40.2 Å². The minimum absolute atomic E-state index is 0.313. The van der Waals surface area contributed by atoms with Gasteiger partial charge in [0.1, 0.15) is 17.4 Å². The van der Waals surface area contributed by atoms with Crippen molar-refractivity contribution in [2.45, 2.75) is 26.8 Å². The lowest BCUT2D eigenvalue weighted by atomic mass is 10.1. The molecule has 0 fully saturated rings. The molecule has 0 saturated carbocycles. The van der Waals surface area contributed by atoms with Crippen molar-refractivity contribution in [2.75, 3.05) is 19.8 Å². The summed E-state index contributed by atoms with van der Waals surface area (Å²) in [4.78, 5) is 46.4. The molecule has 2 amide bonds. The Bertz CT molecular complexity index is 936. The van der Waals surface area contributed by atoms with Crippen molar-refractivity contribution in [3.63, 3.8) is 0 Å². The minimum atomic E-state index is -0.758. The van der Waals surface area contributed by atoms with Crippen LogP contribution in [0, 0.1) is 6.92 Å². The Kier molecular flexibility index (Phi) is 7.14. The molecule has 150 valence electrons. The van der Waals surface area contributed by atoms with E-state index in [2.05, 4.69) is 10.6 Å². The maximum absolute atomic E-state index is 11.7. The highest BCUT2D eigenvalue weighted by molar-refractivity contribution is 5.88. The molecule has 9 nitrogen and oxygen atoms in total. The molecule has 0 bridgehead atoms. The average molecular weight is 390 g/mol. The molecule has 28 heavy (non-hydrogen) atoms. The van der Waals surface area contributed by atoms with Gasteiger partial charge in [-0.15, -0.1) is 0 Å². The van der Waals surface area contributed by atoms with Crippen LogP contribution in [-0.4, -0.2) is 43.6 Å². The summed E-state index contributed by atoms with van der Waals surface area (Å²) in [5.74, 6) is -1.38. The van der Waals surface area contributed by atoms with Gasteiger partial charge in [-0.25, -0.2) is 9.59 Å². The summed E-state index contributed by atoms with van der Waals surface area (Å²) in [5.41, 5.74) is 0.633. The smallest absolute Gasteiger partial charge is 0.344 e. The molecule has 9 heteroatoms. The standard InChI is InChI=1S/C19H22N2O7/c1-4-20-19(25)12(3)21-16(22)9-27-18(24)10-26-13-5-6-14-11(2)7-17(23)28-15(14)8-13/h5-8,12H,4,9-10H2,1-3H3,(H,20,25)(H,21,22)/t12-/m1/s1. The summed E-state index contributed by atoms with van der Waals surface area (Å²) in [6, 6.07) is 5.49. The van der Waals surface area contributed by atoms with E-state index in [1.165, 1.54) is 19.1 Å². The zero-order valence-electron chi connectivity index (χ0n) is 15.9. The fourth-order valence-corrected chi connectivity index (χ4v) is 2.40. The van der Waals surface area contributed by atoms with Gasteiger partial charge in [0.15, 0.2) is 13.2 Å². The van der Waals surface area contributed by atoms with E-state index < -0.39 is 36.8 Å². The van der Waals surface area contributed by atoms with Gasteiger partial charge in [0.2, 0.25) is 5.91 Å². The zero-order chi connectivity index (χ0) is 20.7. The van der Waals surface area contributed by atoms with Crippen molar-refractivity contribution in [1.82, 2.24) is 10.6 Å². The van der Waals surface area contributed by atoms with Crippen LogP contribution in [0.4, 0.5) is 0 Å². The van der Waals surface area contributed by atoms with Crippen LogP contribution < -0.4 is 21.0 Å². The number of amides is 2. The van der Waals surface area contributed by atoms with Crippen molar-refractivity contribution in [2.24, 2.45) is 0 Å². The number of nitrogens with one attached hydrogen (secondary N) is 2. The first-order valence-electron chi connectivity index (χ1n) is 8.70. The molecule has 1 aromatic heterocycles. The number of likely N-dealkylation sites (N-methyl/N-ethyl adjacent to an activating group) is 1. The third kappa shape index (κ3) is 5.83. The SMILES string of the molecule is CCNC(=O)[C@@H](C)NC(=O)COC(=O)COc1ccc2c(C)cc(=O)oc2c1. The number of aryl methyl sites for hydroxylation is 1. The quantitative estimate of drug-likeness (QED) is 0.501. The molecule has 2 rings (SSSR count). The third-order valence-corrected chi connectivity index (χ3v) is 3.77. The highest BCUT2D eigenvalue weighted by Crippen LogP contribution is 2.22. The lowest BCUT2D eigenvalue weighted by Gasteiger charge is -2.13. The monoisotopic (exact) mass is 390 g/mol. The highest BCUT2D eigenvalue weighted by atomic mass is 16.6. The number of carbonyl (C=O) groups excluding carboxylic acids is 3. The molecule has 0 aliphatic rings. The van der Waals surface area contributed by atoms with Crippen molar-refractivity contribution in [3.8, 4) is 5.75 Å². The number of hydrogen-bond donors (Lipinski definition) is 2. The lowest BCUT2D eigenvalue weighted by molar-refractivity contribution is -0.150. The molecule has 1 atom stereocenters. The number of rotatable bonds is 8. The molecule has 0 unspecified atom stereocenters. The normalized spacial score (nSPS) is 11.5. The third-order valence-electron chi connectivity index (χ3n) is 3.77. The largest absolute Gasteiger partial charge is 0.482 e. The van der Waals surface area contributed by atoms with Crippen molar-refractivity contribution < 1.29 is 28.3 Å². The first-order chi connectivity index (χ1) is 13.3. The van der Waals surface area contributed by atoms with E-state index in [4.69, 9.17) is 13.9 Å². The Hall–Kier alpha value is -3.36. The minimum Gasteiger partial charge on any atom is -0.482 e. The van der Waals surface area contributed by atoms with E-state index >= 15 is 0 Å². The summed E-state index contributed by atoms with van der Waals surface area (Å²) in [6.45, 7) is 4.56. The maximum atomic E-state index is 11.7. The van der Waals surface area contributed by atoms with E-state index in [9.17, 15) is 19.2 Å². The van der Waals surface area contributed by atoms with Crippen LogP contribution in [0.5, 0.6) is 5.75 Å². The maximum Gasteiger partial charge on any atom is 0.344 e. The summed E-state index contributed by atoms with van der Waals surface area (Å²) in [7, 11) is 0. The van der Waals surface area contributed by atoms with E-state index in [-0.39, 0.29) is 5.91 Å². The van der Waals surface area contributed by atoms with Crippen molar-refractivity contribution >= 4 is 28.8 Å². The van der Waals surface area contributed by atoms with Crippen LogP contribution in [-0.2, 0) is 19.1 Å². The first-order valence-corrected chi connectivity index (χ1v) is 8.70. The number of ether oxygens (including phenoxy) is 2. The van der Waals surface area contributed by atoms with E-state index in [1.54, 1.807) is 26.0 Å². The van der Waals surface area contributed by atoms with Crippen LogP contribution in [0.3, 0.4) is 0 Å². The van der Waals surface area contributed by atoms with Crippen LogP contribution in [0.2, 0.25) is 0 Å². The second kappa shape index (κ2) is 9.54. The summed E-state index contributed by atoms with van der Waals surface area (Å²) in [5, 5.41) is 5.74. The van der Waals surface area contributed by atoms with Crippen LogP contribution in [0.25, 0.3) is 11.0 Å². The number of benzene rings is 1. The van der Waals surface area contributed by atoms with Crippen LogP contribution in [0.1, 0.15) is 19.4 Å². The van der Waals surface area contributed by atoms with Gasteiger partial charge < -0.3 is 24.5 Å². The Labute approximate surface area is 161 Å². The topological polar surface area (TPSA) is 124 Å². The fraction of sp³-hybridized carbons (Fsp3) is 0.368. The predicted molar refractivity (Wildman–Crippen MR) is 100.0 cm³/mol. The average Bonchev–Trinajstić information content (AvgIpc) is 2.64. The van der Waals surface area contributed by atoms with E-state index in [0.717, 1.165) is 10.9 Å². The molecule has 2 aromatic rings. The molecular weight excluding hydrogens is 368 g/mol. The number of hydrogen-bond acceptors (Lipinski definition) is 7. The van der Waals surface area contributed by atoms with E-state index in [0.29, 0.717) is 17.9 Å². The number of esters is 1. The molecule has 2 N–H and O–H groups in total. The van der Waals surface area contributed by atoms with Gasteiger partial charge in [0.05, 0.1) is 0 Å². The summed E-state index contributed by atoms with van der Waals surface area (Å²) >= 11 is 0. The van der Waals surface area contributed by atoms with Gasteiger partial charge in [-0.1, -0.05) is 0 Å². The van der Waals surface area contributed by atoms with Gasteiger partial charge >= 0.3 is 11.6 Å². The zero-order valence-corrected chi connectivity index (χ0v) is 15.9. The molecule has 0 radical (unpaired) electrons. The lowest BCUT2D eigenvalue weighted by Crippen LogP contribution is -2.46. The van der Waals surface area contributed by atoms with Gasteiger partial charge in [-0.2, -0.15) is 0 Å². The van der Waals surface area contributed by atoms with Gasteiger partial charge in [-0.3, -0.25) is 9.59 Å². The molecular formula is C19H22N2O7. The Morgan fingerprint density at radius 3 is 2.64 bits per heavy atom. The van der Waals surface area contributed by atoms with Gasteiger partial charge in [-0.05, 0) is 38.5 Å². The van der Waals surface area contributed by atoms with Crippen molar-refractivity contribution in [1.29, 1.82) is 0 Å². The number of fused-ring (bicyclic) bond motifs is 1.